The Bertz CT molecular complexity index is 504. The van der Waals surface area contributed by atoms with Gasteiger partial charge in [-0.2, -0.15) is 11.8 Å². The van der Waals surface area contributed by atoms with Gasteiger partial charge in [-0.05, 0) is 25.5 Å². The molecule has 1 heterocycles. The fourth-order valence-corrected chi connectivity index (χ4v) is 4.30. The Hall–Kier alpha value is -1.08. The van der Waals surface area contributed by atoms with E-state index in [1.807, 2.05) is 11.8 Å². The molecule has 0 aromatic carbocycles. The van der Waals surface area contributed by atoms with Crippen molar-refractivity contribution in [2.24, 2.45) is 0 Å². The summed E-state index contributed by atoms with van der Waals surface area (Å²) in [5, 5.41) is 5.37. The summed E-state index contributed by atoms with van der Waals surface area (Å²) >= 11 is 3.04. The zero-order valence-corrected chi connectivity index (χ0v) is 13.9. The standard InChI is InChI=1S/C14H20N2O3S2/c1-3-19-14(18)13-16-10(8-21-13)12(17)15-9-6-5-7-11(9)20-4-2/h8-9,11H,3-7H2,1-2H3,(H,15,17). The van der Waals surface area contributed by atoms with Gasteiger partial charge in [0.1, 0.15) is 5.69 Å². The van der Waals surface area contributed by atoms with Crippen LogP contribution in [0.5, 0.6) is 0 Å². The Morgan fingerprint density at radius 1 is 1.48 bits per heavy atom. The molecular formula is C14H20N2O3S2. The Labute approximate surface area is 132 Å². The molecule has 2 unspecified atom stereocenters. The predicted molar refractivity (Wildman–Crippen MR) is 85.1 cm³/mol. The lowest BCUT2D eigenvalue weighted by Crippen LogP contribution is -2.39. The van der Waals surface area contributed by atoms with E-state index in [0.29, 0.717) is 17.6 Å². The van der Waals surface area contributed by atoms with Crippen LogP contribution in [-0.2, 0) is 4.74 Å². The first-order chi connectivity index (χ1) is 10.2. The number of hydrogen-bond acceptors (Lipinski definition) is 6. The highest BCUT2D eigenvalue weighted by atomic mass is 32.2. The average Bonchev–Trinajstić information content (AvgIpc) is 3.09. The second-order valence-corrected chi connectivity index (χ2v) is 7.14. The molecule has 21 heavy (non-hydrogen) atoms. The number of thioether (sulfide) groups is 1. The van der Waals surface area contributed by atoms with Crippen molar-refractivity contribution in [1.29, 1.82) is 0 Å². The summed E-state index contributed by atoms with van der Waals surface area (Å²) in [6, 6.07) is 0.204. The number of aromatic nitrogens is 1. The molecule has 0 spiro atoms. The van der Waals surface area contributed by atoms with Gasteiger partial charge in [0.25, 0.3) is 5.91 Å². The third kappa shape index (κ3) is 4.20. The Morgan fingerprint density at radius 2 is 2.29 bits per heavy atom. The molecule has 0 aliphatic heterocycles. The van der Waals surface area contributed by atoms with Crippen LogP contribution in [-0.4, -0.2) is 40.5 Å². The molecule has 7 heteroatoms. The monoisotopic (exact) mass is 328 g/mol. The molecule has 1 N–H and O–H groups in total. The number of hydrogen-bond donors (Lipinski definition) is 1. The quantitative estimate of drug-likeness (QED) is 0.813. The Balaban J connectivity index is 1.95. The van der Waals surface area contributed by atoms with Crippen LogP contribution in [0.3, 0.4) is 0 Å². The molecule has 5 nitrogen and oxygen atoms in total. The molecule has 1 saturated carbocycles. The molecule has 0 radical (unpaired) electrons. The maximum absolute atomic E-state index is 12.2. The van der Waals surface area contributed by atoms with Crippen molar-refractivity contribution in [1.82, 2.24) is 10.3 Å². The normalized spacial score (nSPS) is 21.2. The predicted octanol–water partition coefficient (Wildman–Crippen LogP) is 2.72. The molecule has 1 fully saturated rings. The fraction of sp³-hybridized carbons (Fsp3) is 0.643. The zero-order valence-electron chi connectivity index (χ0n) is 12.3. The zero-order chi connectivity index (χ0) is 15.2. The van der Waals surface area contributed by atoms with E-state index in [2.05, 4.69) is 17.2 Å². The number of amides is 1. The molecular weight excluding hydrogens is 308 g/mol. The van der Waals surface area contributed by atoms with Crippen molar-refractivity contribution < 1.29 is 14.3 Å². The maximum atomic E-state index is 12.2. The summed E-state index contributed by atoms with van der Waals surface area (Å²) in [4.78, 5) is 27.8. The van der Waals surface area contributed by atoms with Gasteiger partial charge in [0, 0.05) is 16.7 Å². The van der Waals surface area contributed by atoms with Crippen molar-refractivity contribution >= 4 is 35.0 Å². The van der Waals surface area contributed by atoms with Crippen LogP contribution in [0.4, 0.5) is 0 Å². The van der Waals surface area contributed by atoms with E-state index in [4.69, 9.17) is 4.74 Å². The van der Waals surface area contributed by atoms with Gasteiger partial charge in [-0.15, -0.1) is 11.3 Å². The highest BCUT2D eigenvalue weighted by molar-refractivity contribution is 7.99. The molecule has 0 saturated heterocycles. The molecule has 1 amide bonds. The number of nitrogens with zero attached hydrogens (tertiary/aromatic N) is 1. The van der Waals surface area contributed by atoms with Crippen molar-refractivity contribution in [3.05, 3.63) is 16.1 Å². The Kier molecular flexibility index (Phi) is 6.05. The van der Waals surface area contributed by atoms with Gasteiger partial charge < -0.3 is 10.1 Å². The summed E-state index contributed by atoms with van der Waals surface area (Å²) < 4.78 is 4.88. The fourth-order valence-electron chi connectivity index (χ4n) is 2.41. The third-order valence-electron chi connectivity index (χ3n) is 3.34. The molecule has 1 aromatic rings. The second kappa shape index (κ2) is 7.79. The number of esters is 1. The van der Waals surface area contributed by atoms with Crippen molar-refractivity contribution in [2.45, 2.75) is 44.4 Å². The van der Waals surface area contributed by atoms with Gasteiger partial charge in [0.05, 0.1) is 6.61 Å². The van der Waals surface area contributed by atoms with E-state index < -0.39 is 5.97 Å². The first-order valence-electron chi connectivity index (χ1n) is 7.20. The van der Waals surface area contributed by atoms with Crippen LogP contribution >= 0.6 is 23.1 Å². The number of thiazole rings is 1. The van der Waals surface area contributed by atoms with Crippen LogP contribution in [0.25, 0.3) is 0 Å². The minimum atomic E-state index is -0.471. The van der Waals surface area contributed by atoms with E-state index in [-0.39, 0.29) is 17.0 Å². The topological polar surface area (TPSA) is 68.3 Å². The molecule has 2 rings (SSSR count). The molecule has 116 valence electrons. The minimum Gasteiger partial charge on any atom is -0.461 e. The number of nitrogens with one attached hydrogen (secondary N) is 1. The summed E-state index contributed by atoms with van der Waals surface area (Å²) in [6.45, 7) is 4.18. The summed E-state index contributed by atoms with van der Waals surface area (Å²) in [5.74, 6) is 0.387. The van der Waals surface area contributed by atoms with Crippen molar-refractivity contribution in [3.8, 4) is 0 Å². The lowest BCUT2D eigenvalue weighted by molar-refractivity contribution is 0.0526. The molecule has 1 aromatic heterocycles. The van der Waals surface area contributed by atoms with Gasteiger partial charge in [0.2, 0.25) is 5.01 Å². The van der Waals surface area contributed by atoms with Gasteiger partial charge in [-0.3, -0.25) is 4.79 Å². The van der Waals surface area contributed by atoms with Crippen molar-refractivity contribution in [3.63, 3.8) is 0 Å². The average molecular weight is 328 g/mol. The van der Waals surface area contributed by atoms with Crippen molar-refractivity contribution in [2.75, 3.05) is 12.4 Å². The van der Waals surface area contributed by atoms with E-state index in [1.54, 1.807) is 12.3 Å². The summed E-state index contributed by atoms with van der Waals surface area (Å²) in [6.07, 6.45) is 3.31. The van der Waals surface area contributed by atoms with E-state index in [1.165, 1.54) is 0 Å². The lowest BCUT2D eigenvalue weighted by atomic mass is 10.2. The Morgan fingerprint density at radius 3 is 3.00 bits per heavy atom. The first-order valence-corrected chi connectivity index (χ1v) is 9.13. The second-order valence-electron chi connectivity index (χ2n) is 4.76. The van der Waals surface area contributed by atoms with E-state index >= 15 is 0 Å². The lowest BCUT2D eigenvalue weighted by Gasteiger charge is -2.19. The third-order valence-corrected chi connectivity index (χ3v) is 5.48. The van der Waals surface area contributed by atoms with E-state index in [9.17, 15) is 9.59 Å². The number of carbonyl (C=O) groups excluding carboxylic acids is 2. The van der Waals surface area contributed by atoms with Crippen LogP contribution < -0.4 is 5.32 Å². The van der Waals surface area contributed by atoms with Crippen LogP contribution in [0.2, 0.25) is 0 Å². The van der Waals surface area contributed by atoms with Gasteiger partial charge in [-0.25, -0.2) is 9.78 Å². The number of carbonyl (C=O) groups is 2. The van der Waals surface area contributed by atoms with Crippen LogP contribution in [0.15, 0.2) is 5.38 Å². The minimum absolute atomic E-state index is 0.199. The SMILES string of the molecule is CCOC(=O)c1nc(C(=O)NC2CCCC2SCC)cs1. The largest absolute Gasteiger partial charge is 0.461 e. The highest BCUT2D eigenvalue weighted by Gasteiger charge is 2.29. The molecule has 2 atom stereocenters. The summed E-state index contributed by atoms with van der Waals surface area (Å²) in [7, 11) is 0. The van der Waals surface area contributed by atoms with Gasteiger partial charge in [0.15, 0.2) is 0 Å². The molecule has 1 aliphatic rings. The number of rotatable bonds is 6. The highest BCUT2D eigenvalue weighted by Crippen LogP contribution is 2.30. The summed E-state index contributed by atoms with van der Waals surface area (Å²) in [5.41, 5.74) is 0.301. The smallest absolute Gasteiger partial charge is 0.367 e. The molecule has 1 aliphatic carbocycles. The molecule has 0 bridgehead atoms. The van der Waals surface area contributed by atoms with Gasteiger partial charge in [-0.1, -0.05) is 13.3 Å². The van der Waals surface area contributed by atoms with E-state index in [0.717, 1.165) is 36.4 Å². The van der Waals surface area contributed by atoms with Crippen LogP contribution in [0, 0.1) is 0 Å². The number of ether oxygens (including phenoxy) is 1. The van der Waals surface area contributed by atoms with Gasteiger partial charge >= 0.3 is 5.97 Å². The van der Waals surface area contributed by atoms with Crippen LogP contribution in [0.1, 0.15) is 53.4 Å². The first kappa shape index (κ1) is 16.3. The maximum Gasteiger partial charge on any atom is 0.367 e.